The standard InChI is InChI=1S/C10H17N3O4.C5H12.C4H10.CH4/c14-8(3-4-9(15)12-17)11-7-10(16)13-5-1-2-6-13;1-3-5-4-2;1-4(2)3;/h17H,1-7H2,(H,11,14)(H,12,15);3-5H2,1-2H3;4H,1-3H3;1H4. The molecule has 1 heterocycles. The third-order valence-electron chi connectivity index (χ3n) is 3.31. The van der Waals surface area contributed by atoms with Gasteiger partial charge in [0.25, 0.3) is 0 Å². The Morgan fingerprint density at radius 2 is 1.41 bits per heavy atom. The molecule has 1 rings (SSSR count). The number of hydroxylamine groups is 1. The number of carbonyl (C=O) groups excluding carboxylic acids is 3. The summed E-state index contributed by atoms with van der Waals surface area (Å²) in [6, 6.07) is 0. The van der Waals surface area contributed by atoms with Crippen molar-refractivity contribution in [3.05, 3.63) is 0 Å². The van der Waals surface area contributed by atoms with Crippen molar-refractivity contribution in [1.82, 2.24) is 15.7 Å². The fourth-order valence-corrected chi connectivity index (χ4v) is 1.98. The van der Waals surface area contributed by atoms with E-state index >= 15 is 0 Å². The molecule has 1 aliphatic heterocycles. The minimum atomic E-state index is -0.619. The number of rotatable bonds is 7. The van der Waals surface area contributed by atoms with E-state index in [0.717, 1.165) is 31.8 Å². The SMILES string of the molecule is C.CC(C)C.CCCCC.O=C(CCC(=O)NCC(=O)N1CCCC1)NO. The highest BCUT2D eigenvalue weighted by molar-refractivity contribution is 5.87. The van der Waals surface area contributed by atoms with Gasteiger partial charge in [-0.05, 0) is 18.8 Å². The molecule has 7 nitrogen and oxygen atoms in total. The van der Waals surface area contributed by atoms with E-state index in [1.165, 1.54) is 24.7 Å². The molecular weight excluding hydrogens is 346 g/mol. The molecule has 7 heteroatoms. The zero-order valence-corrected chi connectivity index (χ0v) is 17.3. The summed E-state index contributed by atoms with van der Waals surface area (Å²) in [5, 5.41) is 10.7. The van der Waals surface area contributed by atoms with Gasteiger partial charge in [0.1, 0.15) is 0 Å². The summed E-state index contributed by atoms with van der Waals surface area (Å²) >= 11 is 0. The van der Waals surface area contributed by atoms with Crippen LogP contribution in [-0.2, 0) is 14.4 Å². The lowest BCUT2D eigenvalue weighted by molar-refractivity contribution is -0.133. The largest absolute Gasteiger partial charge is 0.347 e. The van der Waals surface area contributed by atoms with Crippen molar-refractivity contribution in [2.24, 2.45) is 5.92 Å². The van der Waals surface area contributed by atoms with Crippen LogP contribution in [0.3, 0.4) is 0 Å². The first-order valence-electron chi connectivity index (χ1n) is 9.75. The number of likely N-dealkylation sites (tertiary alicyclic amines) is 1. The molecule has 162 valence electrons. The Hall–Kier alpha value is -1.63. The molecule has 3 amide bonds. The molecular formula is C20H43N3O4. The Morgan fingerprint density at radius 1 is 0.963 bits per heavy atom. The van der Waals surface area contributed by atoms with Crippen LogP contribution in [0, 0.1) is 5.92 Å². The maximum Gasteiger partial charge on any atom is 0.243 e. The Kier molecular flexibility index (Phi) is 23.1. The molecule has 0 saturated carbocycles. The minimum Gasteiger partial charge on any atom is -0.347 e. The fourth-order valence-electron chi connectivity index (χ4n) is 1.98. The third-order valence-corrected chi connectivity index (χ3v) is 3.31. The second-order valence-electron chi connectivity index (χ2n) is 6.99. The molecule has 0 radical (unpaired) electrons. The first kappa shape index (κ1) is 30.1. The molecule has 0 aromatic carbocycles. The Labute approximate surface area is 166 Å². The number of hydrogen-bond acceptors (Lipinski definition) is 4. The molecule has 0 unspecified atom stereocenters. The van der Waals surface area contributed by atoms with Crippen molar-refractivity contribution in [3.63, 3.8) is 0 Å². The first-order chi connectivity index (χ1) is 12.3. The Balaban J connectivity index is -0.000000483. The van der Waals surface area contributed by atoms with Crippen molar-refractivity contribution in [1.29, 1.82) is 0 Å². The third kappa shape index (κ3) is 22.3. The van der Waals surface area contributed by atoms with Gasteiger partial charge in [0.15, 0.2) is 0 Å². The number of hydrogen-bond donors (Lipinski definition) is 3. The Morgan fingerprint density at radius 3 is 1.78 bits per heavy atom. The van der Waals surface area contributed by atoms with E-state index < -0.39 is 5.91 Å². The predicted molar refractivity (Wildman–Crippen MR) is 110 cm³/mol. The van der Waals surface area contributed by atoms with Crippen LogP contribution in [0.4, 0.5) is 0 Å². The van der Waals surface area contributed by atoms with Crippen LogP contribution in [0.2, 0.25) is 0 Å². The van der Waals surface area contributed by atoms with Gasteiger partial charge in [-0.3, -0.25) is 19.6 Å². The summed E-state index contributed by atoms with van der Waals surface area (Å²) in [6.07, 6.45) is 5.96. The smallest absolute Gasteiger partial charge is 0.243 e. The van der Waals surface area contributed by atoms with Gasteiger partial charge in [-0.15, -0.1) is 0 Å². The topological polar surface area (TPSA) is 98.7 Å². The predicted octanol–water partition coefficient (Wildman–Crippen LogP) is 3.51. The molecule has 1 aliphatic rings. The van der Waals surface area contributed by atoms with Gasteiger partial charge in [0, 0.05) is 25.9 Å². The minimum absolute atomic E-state index is 0. The monoisotopic (exact) mass is 389 g/mol. The van der Waals surface area contributed by atoms with Crippen molar-refractivity contribution < 1.29 is 19.6 Å². The average Bonchev–Trinajstić information content (AvgIpc) is 3.13. The van der Waals surface area contributed by atoms with Crippen LogP contribution in [0.15, 0.2) is 0 Å². The quantitative estimate of drug-likeness (QED) is 0.458. The van der Waals surface area contributed by atoms with Gasteiger partial charge in [-0.25, -0.2) is 5.48 Å². The first-order valence-corrected chi connectivity index (χ1v) is 9.75. The van der Waals surface area contributed by atoms with Crippen LogP contribution in [-0.4, -0.2) is 47.5 Å². The van der Waals surface area contributed by atoms with Gasteiger partial charge < -0.3 is 10.2 Å². The zero-order valence-electron chi connectivity index (χ0n) is 17.3. The van der Waals surface area contributed by atoms with Crippen molar-refractivity contribution >= 4 is 17.7 Å². The zero-order chi connectivity index (χ0) is 20.4. The molecule has 0 aromatic rings. The molecule has 1 fully saturated rings. The molecule has 0 atom stereocenters. The molecule has 0 aromatic heterocycles. The molecule has 0 spiro atoms. The summed E-state index contributed by atoms with van der Waals surface area (Å²) < 4.78 is 0. The highest BCUT2D eigenvalue weighted by atomic mass is 16.5. The molecule has 1 saturated heterocycles. The lowest BCUT2D eigenvalue weighted by Crippen LogP contribution is -2.38. The average molecular weight is 390 g/mol. The number of carbonyl (C=O) groups is 3. The van der Waals surface area contributed by atoms with Crippen LogP contribution < -0.4 is 10.8 Å². The second-order valence-corrected chi connectivity index (χ2v) is 6.99. The summed E-state index contributed by atoms with van der Waals surface area (Å²) in [6.45, 7) is 12.4. The summed E-state index contributed by atoms with van der Waals surface area (Å²) in [5.41, 5.74) is 1.44. The fraction of sp³-hybridized carbons (Fsp3) is 0.850. The maximum atomic E-state index is 11.5. The van der Waals surface area contributed by atoms with Gasteiger partial charge in [-0.1, -0.05) is 61.3 Å². The molecule has 27 heavy (non-hydrogen) atoms. The lowest BCUT2D eigenvalue weighted by atomic mass is 10.3. The van der Waals surface area contributed by atoms with Crippen LogP contribution in [0.1, 0.15) is 87.0 Å². The number of nitrogens with one attached hydrogen (secondary N) is 2. The van der Waals surface area contributed by atoms with E-state index in [1.54, 1.807) is 4.90 Å². The van der Waals surface area contributed by atoms with Gasteiger partial charge in [0.2, 0.25) is 17.7 Å². The molecule has 3 N–H and O–H groups in total. The summed E-state index contributed by atoms with van der Waals surface area (Å²) in [7, 11) is 0. The van der Waals surface area contributed by atoms with Gasteiger partial charge in [0.05, 0.1) is 6.54 Å². The van der Waals surface area contributed by atoms with E-state index in [1.807, 2.05) is 0 Å². The maximum absolute atomic E-state index is 11.5. The normalized spacial score (nSPS) is 12.0. The van der Waals surface area contributed by atoms with Crippen LogP contribution in [0.25, 0.3) is 0 Å². The van der Waals surface area contributed by atoms with Gasteiger partial charge in [-0.2, -0.15) is 0 Å². The number of unbranched alkanes of at least 4 members (excludes halogenated alkanes) is 2. The van der Waals surface area contributed by atoms with Crippen LogP contribution >= 0.6 is 0 Å². The lowest BCUT2D eigenvalue weighted by Gasteiger charge is -2.15. The summed E-state index contributed by atoms with van der Waals surface area (Å²) in [5.74, 6) is -0.255. The highest BCUT2D eigenvalue weighted by Crippen LogP contribution is 2.06. The molecule has 0 aliphatic carbocycles. The number of nitrogens with zero attached hydrogens (tertiary/aromatic N) is 1. The van der Waals surface area contributed by atoms with E-state index in [0.29, 0.717) is 0 Å². The second kappa shape index (κ2) is 20.7. The Bertz CT molecular complexity index is 377. The van der Waals surface area contributed by atoms with Gasteiger partial charge >= 0.3 is 0 Å². The molecule has 0 bridgehead atoms. The summed E-state index contributed by atoms with van der Waals surface area (Å²) in [4.78, 5) is 35.1. The van der Waals surface area contributed by atoms with E-state index in [2.05, 4.69) is 39.9 Å². The van der Waals surface area contributed by atoms with Crippen molar-refractivity contribution in [2.45, 2.75) is 87.0 Å². The number of amides is 3. The van der Waals surface area contributed by atoms with Crippen molar-refractivity contribution in [3.8, 4) is 0 Å². The van der Waals surface area contributed by atoms with E-state index in [-0.39, 0.29) is 38.6 Å². The highest BCUT2D eigenvalue weighted by Gasteiger charge is 2.18. The van der Waals surface area contributed by atoms with Crippen molar-refractivity contribution in [2.75, 3.05) is 19.6 Å². The van der Waals surface area contributed by atoms with E-state index in [4.69, 9.17) is 5.21 Å². The van der Waals surface area contributed by atoms with E-state index in [9.17, 15) is 14.4 Å². The van der Waals surface area contributed by atoms with Crippen LogP contribution in [0.5, 0.6) is 0 Å².